The molecule has 3 heterocycles. The lowest BCUT2D eigenvalue weighted by molar-refractivity contribution is 0.0461. The molecule has 140 valence electrons. The van der Waals surface area contributed by atoms with Gasteiger partial charge in [0.15, 0.2) is 0 Å². The van der Waals surface area contributed by atoms with Crippen LogP contribution in [0.3, 0.4) is 0 Å². The summed E-state index contributed by atoms with van der Waals surface area (Å²) in [4.78, 5) is 20.7. The first kappa shape index (κ1) is 17.8. The van der Waals surface area contributed by atoms with Gasteiger partial charge >= 0.3 is 0 Å². The van der Waals surface area contributed by atoms with Crippen molar-refractivity contribution in [2.24, 2.45) is 11.8 Å². The highest BCUT2D eigenvalue weighted by molar-refractivity contribution is 6.38. The Hall–Kier alpha value is -1.56. The first-order valence-corrected chi connectivity index (χ1v) is 9.92. The molecule has 2 aliphatic rings. The summed E-state index contributed by atoms with van der Waals surface area (Å²) in [7, 11) is 0. The molecule has 2 atom stereocenters. The van der Waals surface area contributed by atoms with Gasteiger partial charge in [-0.25, -0.2) is 0 Å². The molecule has 1 aromatic carbocycles. The number of aliphatic hydroxyl groups is 1. The summed E-state index contributed by atoms with van der Waals surface area (Å²) in [5, 5.41) is 11.1. The number of nitrogens with one attached hydrogen (secondary N) is 1. The first-order chi connectivity index (χ1) is 12.7. The molecule has 0 aliphatic carbocycles. The molecule has 2 N–H and O–H groups in total. The third kappa shape index (κ3) is 3.48. The second-order valence-electron chi connectivity index (χ2n) is 7.73. The quantitative estimate of drug-likeness (QED) is 0.863. The van der Waals surface area contributed by atoms with E-state index in [2.05, 4.69) is 9.88 Å². The van der Waals surface area contributed by atoms with Crippen LogP contribution in [0.15, 0.2) is 24.3 Å². The largest absolute Gasteiger partial charge is 0.396 e. The highest BCUT2D eigenvalue weighted by Gasteiger charge is 2.33. The number of nitrogens with zero attached hydrogens (tertiary/aromatic N) is 2. The van der Waals surface area contributed by atoms with Gasteiger partial charge in [0.1, 0.15) is 5.69 Å². The lowest BCUT2D eigenvalue weighted by Crippen LogP contribution is -2.47. The third-order valence-electron chi connectivity index (χ3n) is 5.74. The molecule has 2 saturated heterocycles. The fourth-order valence-corrected chi connectivity index (χ4v) is 4.79. The normalized spacial score (nSPS) is 24.5. The highest BCUT2D eigenvalue weighted by atomic mass is 35.5. The van der Waals surface area contributed by atoms with Crippen LogP contribution in [0.4, 0.5) is 0 Å². The zero-order chi connectivity index (χ0) is 18.1. The molecule has 1 aromatic heterocycles. The second-order valence-corrected chi connectivity index (χ2v) is 8.11. The van der Waals surface area contributed by atoms with E-state index < -0.39 is 0 Å². The molecular weight excluding hydrogens is 350 g/mol. The maximum absolute atomic E-state index is 13.1. The Bertz CT molecular complexity index is 784. The number of fused-ring (bicyclic) bond motifs is 1. The van der Waals surface area contributed by atoms with Gasteiger partial charge in [0.05, 0.1) is 5.02 Å². The number of piperidine rings is 1. The molecule has 2 aliphatic heterocycles. The van der Waals surface area contributed by atoms with E-state index in [-0.39, 0.29) is 18.4 Å². The molecule has 0 saturated carbocycles. The molecule has 2 aromatic rings. The van der Waals surface area contributed by atoms with Crippen molar-refractivity contribution in [2.45, 2.75) is 19.3 Å². The lowest BCUT2D eigenvalue weighted by Gasteiger charge is -2.38. The van der Waals surface area contributed by atoms with Crippen molar-refractivity contribution < 1.29 is 9.90 Å². The van der Waals surface area contributed by atoms with E-state index in [0.29, 0.717) is 23.2 Å². The monoisotopic (exact) mass is 375 g/mol. The number of carbonyl (C=O) groups is 1. The van der Waals surface area contributed by atoms with Crippen LogP contribution in [-0.4, -0.2) is 65.1 Å². The van der Waals surface area contributed by atoms with Crippen molar-refractivity contribution in [3.63, 3.8) is 0 Å². The summed E-state index contributed by atoms with van der Waals surface area (Å²) < 4.78 is 0. The number of benzene rings is 1. The number of rotatable bonds is 4. The van der Waals surface area contributed by atoms with Gasteiger partial charge in [-0.15, -0.1) is 0 Å². The smallest absolute Gasteiger partial charge is 0.271 e. The molecule has 6 heteroatoms. The Morgan fingerprint density at radius 1 is 1.19 bits per heavy atom. The Morgan fingerprint density at radius 3 is 2.65 bits per heavy atom. The number of para-hydroxylation sites is 1. The van der Waals surface area contributed by atoms with E-state index in [1.165, 1.54) is 12.8 Å². The molecule has 0 radical (unpaired) electrons. The van der Waals surface area contributed by atoms with Gasteiger partial charge in [-0.05, 0) is 50.3 Å². The highest BCUT2D eigenvalue weighted by Crippen LogP contribution is 2.30. The number of H-pyrrole nitrogens is 1. The molecule has 4 rings (SSSR count). The Labute approximate surface area is 158 Å². The molecule has 2 fully saturated rings. The number of halogens is 1. The van der Waals surface area contributed by atoms with E-state index in [4.69, 9.17) is 11.6 Å². The van der Waals surface area contributed by atoms with Crippen LogP contribution < -0.4 is 0 Å². The lowest BCUT2D eigenvalue weighted by atomic mass is 9.89. The molecule has 0 spiro atoms. The van der Waals surface area contributed by atoms with Crippen LogP contribution in [0.2, 0.25) is 5.02 Å². The fraction of sp³-hybridized carbons (Fsp3) is 0.550. The summed E-state index contributed by atoms with van der Waals surface area (Å²) in [6.45, 7) is 4.78. The van der Waals surface area contributed by atoms with Crippen molar-refractivity contribution in [1.29, 1.82) is 0 Å². The van der Waals surface area contributed by atoms with Crippen LogP contribution in [0, 0.1) is 11.8 Å². The third-order valence-corrected chi connectivity index (χ3v) is 6.13. The van der Waals surface area contributed by atoms with E-state index in [1.807, 2.05) is 29.2 Å². The number of aliphatic hydroxyl groups excluding tert-OH is 1. The van der Waals surface area contributed by atoms with Crippen LogP contribution >= 0.6 is 11.6 Å². The Kier molecular flexibility index (Phi) is 5.20. The number of likely N-dealkylation sites (tertiary alicyclic amines) is 2. The Morgan fingerprint density at radius 2 is 1.92 bits per heavy atom. The van der Waals surface area contributed by atoms with Crippen molar-refractivity contribution in [3.05, 3.63) is 35.0 Å². The predicted octanol–water partition coefficient (Wildman–Crippen LogP) is 2.99. The number of carbonyl (C=O) groups excluding carboxylic acids is 1. The summed E-state index contributed by atoms with van der Waals surface area (Å²) in [5.41, 5.74) is 1.34. The zero-order valence-corrected chi connectivity index (χ0v) is 15.7. The van der Waals surface area contributed by atoms with E-state index in [1.54, 1.807) is 0 Å². The minimum atomic E-state index is -0.0595. The summed E-state index contributed by atoms with van der Waals surface area (Å²) in [6.07, 6.45) is 3.52. The van der Waals surface area contributed by atoms with Crippen molar-refractivity contribution in [1.82, 2.24) is 14.8 Å². The van der Waals surface area contributed by atoms with Crippen LogP contribution in [0.1, 0.15) is 29.8 Å². The Balaban J connectivity index is 1.53. The maximum atomic E-state index is 13.1. The van der Waals surface area contributed by atoms with Crippen molar-refractivity contribution in [2.75, 3.05) is 39.3 Å². The number of aromatic nitrogens is 1. The van der Waals surface area contributed by atoms with Crippen LogP contribution in [0.5, 0.6) is 0 Å². The summed E-state index contributed by atoms with van der Waals surface area (Å²) in [6, 6.07) is 7.71. The number of aromatic amines is 1. The van der Waals surface area contributed by atoms with Gasteiger partial charge in [-0.1, -0.05) is 29.8 Å². The van der Waals surface area contributed by atoms with Crippen molar-refractivity contribution in [3.8, 4) is 0 Å². The van der Waals surface area contributed by atoms with Gasteiger partial charge in [0.25, 0.3) is 5.91 Å². The fourth-order valence-electron chi connectivity index (χ4n) is 4.49. The van der Waals surface area contributed by atoms with Gasteiger partial charge in [0, 0.05) is 37.1 Å². The van der Waals surface area contributed by atoms with E-state index in [0.717, 1.165) is 43.5 Å². The molecule has 5 nitrogen and oxygen atoms in total. The number of hydrogen-bond acceptors (Lipinski definition) is 3. The molecule has 0 unspecified atom stereocenters. The minimum Gasteiger partial charge on any atom is -0.396 e. The molecule has 1 amide bonds. The van der Waals surface area contributed by atoms with Crippen molar-refractivity contribution >= 4 is 28.4 Å². The first-order valence-electron chi connectivity index (χ1n) is 9.54. The number of hydrogen-bond donors (Lipinski definition) is 2. The van der Waals surface area contributed by atoms with Crippen LogP contribution in [0.25, 0.3) is 10.9 Å². The van der Waals surface area contributed by atoms with E-state index >= 15 is 0 Å². The molecule has 26 heavy (non-hydrogen) atoms. The van der Waals surface area contributed by atoms with Gasteiger partial charge in [-0.2, -0.15) is 0 Å². The average Bonchev–Trinajstić information content (AvgIpc) is 3.29. The molecule has 0 bridgehead atoms. The SMILES string of the molecule is O=C(c1[nH]c2ccccc2c1Cl)N1C[C@H](CO)C[C@H](CN2CCCC2)C1. The number of amides is 1. The standard InChI is InChI=1S/C20H26ClN3O2/c21-18-16-5-1-2-6-17(16)22-19(18)20(26)24-11-14(9-15(12-24)13-25)10-23-7-3-4-8-23/h1-2,5-6,14-15,22,25H,3-4,7-13H2/t14-,15-/m1/s1. The van der Waals surface area contributed by atoms with Gasteiger partial charge in [0.2, 0.25) is 0 Å². The minimum absolute atomic E-state index is 0.0595. The van der Waals surface area contributed by atoms with Gasteiger partial charge < -0.3 is 19.9 Å². The summed E-state index contributed by atoms with van der Waals surface area (Å²) in [5.74, 6) is 0.491. The average molecular weight is 376 g/mol. The maximum Gasteiger partial charge on any atom is 0.271 e. The summed E-state index contributed by atoms with van der Waals surface area (Å²) >= 11 is 6.48. The zero-order valence-electron chi connectivity index (χ0n) is 15.0. The second kappa shape index (κ2) is 7.59. The molecular formula is C20H26ClN3O2. The van der Waals surface area contributed by atoms with Gasteiger partial charge in [-0.3, -0.25) is 4.79 Å². The van der Waals surface area contributed by atoms with Crippen LogP contribution in [-0.2, 0) is 0 Å². The topological polar surface area (TPSA) is 59.6 Å². The predicted molar refractivity (Wildman–Crippen MR) is 104 cm³/mol. The van der Waals surface area contributed by atoms with E-state index in [9.17, 15) is 9.90 Å².